The molecule has 0 fully saturated rings. The number of nitrogens with one attached hydrogen (secondary N) is 1. The molecular formula is C10H8BrF6NO3S. The topological polar surface area (TPSA) is 55.4 Å². The molecule has 1 aromatic rings. The smallest absolute Gasteiger partial charge is 0.404 e. The summed E-state index contributed by atoms with van der Waals surface area (Å²) >= 11 is 2.67. The van der Waals surface area contributed by atoms with Crippen LogP contribution in [0.1, 0.15) is 6.92 Å². The lowest BCUT2D eigenvalue weighted by Gasteiger charge is -2.18. The van der Waals surface area contributed by atoms with E-state index in [1.165, 1.54) is 4.72 Å². The van der Waals surface area contributed by atoms with Crippen molar-refractivity contribution in [2.45, 2.75) is 30.6 Å². The molecule has 0 amide bonds. The van der Waals surface area contributed by atoms with E-state index in [1.807, 2.05) is 0 Å². The molecule has 22 heavy (non-hydrogen) atoms. The van der Waals surface area contributed by atoms with Gasteiger partial charge in [0, 0.05) is 0 Å². The van der Waals surface area contributed by atoms with Crippen molar-refractivity contribution in [3.05, 3.63) is 22.4 Å². The first-order valence-electron chi connectivity index (χ1n) is 5.38. The maximum absolute atomic E-state index is 13.9. The average Bonchev–Trinajstić information content (AvgIpc) is 2.31. The van der Waals surface area contributed by atoms with Crippen molar-refractivity contribution in [3.8, 4) is 5.75 Å². The van der Waals surface area contributed by atoms with Gasteiger partial charge in [-0.15, -0.1) is 0 Å². The van der Waals surface area contributed by atoms with Crippen LogP contribution in [0.25, 0.3) is 0 Å². The predicted octanol–water partition coefficient (Wildman–Crippen LogP) is 3.42. The molecule has 0 aromatic heterocycles. The third-order valence-electron chi connectivity index (χ3n) is 2.33. The zero-order chi connectivity index (χ0) is 17.3. The van der Waals surface area contributed by atoms with Gasteiger partial charge in [-0.1, -0.05) is 0 Å². The van der Waals surface area contributed by atoms with Gasteiger partial charge in [-0.05, 0) is 35.0 Å². The Bertz CT molecular complexity index is 649. The van der Waals surface area contributed by atoms with Gasteiger partial charge in [0.05, 0.1) is 4.47 Å². The van der Waals surface area contributed by atoms with E-state index >= 15 is 0 Å². The van der Waals surface area contributed by atoms with Gasteiger partial charge in [-0.25, -0.2) is 12.8 Å². The maximum atomic E-state index is 13.9. The normalized spacial score (nSPS) is 14.2. The molecule has 0 aliphatic heterocycles. The summed E-state index contributed by atoms with van der Waals surface area (Å²) < 4.78 is 104. The third kappa shape index (κ3) is 4.49. The molecule has 4 nitrogen and oxygen atoms in total. The van der Waals surface area contributed by atoms with Crippen molar-refractivity contribution in [1.29, 1.82) is 0 Å². The zero-order valence-electron chi connectivity index (χ0n) is 10.6. The molecule has 0 aliphatic rings. The molecule has 1 atom stereocenters. The van der Waals surface area contributed by atoms with Gasteiger partial charge >= 0.3 is 12.8 Å². The van der Waals surface area contributed by atoms with Crippen molar-refractivity contribution in [3.63, 3.8) is 0 Å². The fraction of sp³-hybridized carbons (Fsp3) is 0.400. The molecule has 1 unspecified atom stereocenters. The van der Waals surface area contributed by atoms with E-state index in [-0.39, 0.29) is 4.47 Å². The van der Waals surface area contributed by atoms with Gasteiger partial charge in [-0.2, -0.15) is 26.7 Å². The van der Waals surface area contributed by atoms with Crippen molar-refractivity contribution in [2.75, 3.05) is 0 Å². The highest BCUT2D eigenvalue weighted by Crippen LogP contribution is 2.34. The molecule has 12 heteroatoms. The summed E-state index contributed by atoms with van der Waals surface area (Å²) in [6.45, 7) is -2.95. The van der Waals surface area contributed by atoms with Crippen LogP contribution in [0.3, 0.4) is 0 Å². The van der Waals surface area contributed by atoms with E-state index in [2.05, 4.69) is 20.7 Å². The van der Waals surface area contributed by atoms with E-state index < -0.39 is 45.3 Å². The number of sulfonamides is 1. The minimum atomic E-state index is -4.94. The first-order valence-corrected chi connectivity index (χ1v) is 7.65. The Kier molecular flexibility index (Phi) is 5.73. The van der Waals surface area contributed by atoms with E-state index in [4.69, 9.17) is 0 Å². The lowest BCUT2D eigenvalue weighted by atomic mass is 10.3. The SMILES string of the molecule is CC(NS(=O)(=O)c1ccc(Br)c(OC(F)F)c1F)C(F)(F)F. The van der Waals surface area contributed by atoms with Crippen LogP contribution in [0.5, 0.6) is 5.75 Å². The number of alkyl halides is 5. The molecule has 126 valence electrons. The molecule has 0 bridgehead atoms. The average molecular weight is 416 g/mol. The molecule has 1 rings (SSSR count). The molecule has 0 saturated heterocycles. The van der Waals surface area contributed by atoms with Crippen LogP contribution < -0.4 is 9.46 Å². The lowest BCUT2D eigenvalue weighted by molar-refractivity contribution is -0.147. The molecule has 0 heterocycles. The summed E-state index contributed by atoms with van der Waals surface area (Å²) in [5.74, 6) is -2.87. The minimum absolute atomic E-state index is 0.326. The number of rotatable bonds is 5. The summed E-state index contributed by atoms with van der Waals surface area (Å²) in [5.41, 5.74) is 0. The van der Waals surface area contributed by atoms with Crippen molar-refractivity contribution >= 4 is 26.0 Å². The monoisotopic (exact) mass is 415 g/mol. The number of hydrogen-bond acceptors (Lipinski definition) is 3. The van der Waals surface area contributed by atoms with E-state index in [1.54, 1.807) is 0 Å². The fourth-order valence-electron chi connectivity index (χ4n) is 1.28. The molecule has 1 N–H and O–H groups in total. The van der Waals surface area contributed by atoms with E-state index in [9.17, 15) is 34.8 Å². The van der Waals surface area contributed by atoms with Crippen molar-refractivity contribution < 1.29 is 39.5 Å². The summed E-state index contributed by atoms with van der Waals surface area (Å²) in [4.78, 5) is -1.25. The predicted molar refractivity (Wildman–Crippen MR) is 66.6 cm³/mol. The Morgan fingerprint density at radius 3 is 2.27 bits per heavy atom. The minimum Gasteiger partial charge on any atom is -0.430 e. The van der Waals surface area contributed by atoms with Crippen LogP contribution in [0.2, 0.25) is 0 Å². The van der Waals surface area contributed by atoms with Gasteiger partial charge in [0.15, 0.2) is 11.6 Å². The second-order valence-electron chi connectivity index (χ2n) is 3.95. The summed E-state index contributed by atoms with van der Waals surface area (Å²) in [6, 6.07) is -1.03. The fourth-order valence-corrected chi connectivity index (χ4v) is 2.98. The maximum Gasteiger partial charge on any atom is 0.404 e. The standard InChI is InChI=1S/C10H8BrF6NO3S/c1-4(10(15,16)17)18-22(19,20)6-3-2-5(11)8(7(6)12)21-9(13)14/h2-4,9,18H,1H3. The van der Waals surface area contributed by atoms with Crippen molar-refractivity contribution in [2.24, 2.45) is 0 Å². The second kappa shape index (κ2) is 6.62. The van der Waals surface area contributed by atoms with Gasteiger partial charge in [0.1, 0.15) is 10.9 Å². The van der Waals surface area contributed by atoms with Gasteiger partial charge in [-0.3, -0.25) is 0 Å². The van der Waals surface area contributed by atoms with Gasteiger partial charge in [0.25, 0.3) is 0 Å². The molecule has 0 aliphatic carbocycles. The van der Waals surface area contributed by atoms with Crippen LogP contribution >= 0.6 is 15.9 Å². The number of hydrogen-bond donors (Lipinski definition) is 1. The van der Waals surface area contributed by atoms with Crippen LogP contribution in [0, 0.1) is 5.82 Å². The summed E-state index contributed by atoms with van der Waals surface area (Å²) in [6.07, 6.45) is -4.90. The zero-order valence-corrected chi connectivity index (χ0v) is 13.0. The Balaban J connectivity index is 3.26. The lowest BCUT2D eigenvalue weighted by Crippen LogP contribution is -2.43. The largest absolute Gasteiger partial charge is 0.430 e. The Morgan fingerprint density at radius 1 is 1.27 bits per heavy atom. The van der Waals surface area contributed by atoms with E-state index in [0.29, 0.717) is 13.0 Å². The Labute approximate surface area is 129 Å². The van der Waals surface area contributed by atoms with Crippen LogP contribution in [-0.2, 0) is 10.0 Å². The van der Waals surface area contributed by atoms with Gasteiger partial charge < -0.3 is 4.74 Å². The quantitative estimate of drug-likeness (QED) is 0.749. The van der Waals surface area contributed by atoms with Crippen LogP contribution in [0.4, 0.5) is 26.3 Å². The van der Waals surface area contributed by atoms with Gasteiger partial charge in [0.2, 0.25) is 10.0 Å². The Hall–Kier alpha value is -1.01. The highest BCUT2D eigenvalue weighted by molar-refractivity contribution is 9.10. The Morgan fingerprint density at radius 2 is 1.82 bits per heavy atom. The van der Waals surface area contributed by atoms with Crippen molar-refractivity contribution in [1.82, 2.24) is 4.72 Å². The molecule has 0 radical (unpaired) electrons. The number of ether oxygens (including phenoxy) is 1. The molecule has 1 aromatic carbocycles. The molecule has 0 spiro atoms. The number of benzene rings is 1. The van der Waals surface area contributed by atoms with E-state index in [0.717, 1.165) is 6.07 Å². The van der Waals surface area contributed by atoms with Crippen LogP contribution in [-0.4, -0.2) is 27.2 Å². The summed E-state index contributed by atoms with van der Waals surface area (Å²) in [7, 11) is -4.94. The molecular weight excluding hydrogens is 408 g/mol. The third-order valence-corrected chi connectivity index (χ3v) is 4.52. The first kappa shape index (κ1) is 19.0. The van der Waals surface area contributed by atoms with Crippen LogP contribution in [0.15, 0.2) is 21.5 Å². The second-order valence-corrected chi connectivity index (χ2v) is 6.49. The first-order chi connectivity index (χ1) is 9.86. The highest BCUT2D eigenvalue weighted by Gasteiger charge is 2.39. The highest BCUT2D eigenvalue weighted by atomic mass is 79.9. The summed E-state index contributed by atoms with van der Waals surface area (Å²) in [5, 5.41) is 0. The molecule has 0 saturated carbocycles. The number of halogens is 7.